The quantitative estimate of drug-likeness (QED) is 0.392. The second-order valence-corrected chi connectivity index (χ2v) is 4.36. The molecule has 1 N–H and O–H groups in total. The summed E-state index contributed by atoms with van der Waals surface area (Å²) in [5, 5.41) is 7.43. The number of halogens is 1. The molecule has 1 amide bonds. The van der Waals surface area contributed by atoms with Crippen molar-refractivity contribution in [3.8, 4) is 0 Å². The minimum absolute atomic E-state index is 0.101. The molecule has 3 nitrogen and oxygen atoms in total. The first-order valence-electron chi connectivity index (χ1n) is 5.83. The molecule has 0 aromatic heterocycles. The van der Waals surface area contributed by atoms with E-state index in [-0.39, 0.29) is 12.4 Å². The molecule has 0 aliphatic carbocycles. The van der Waals surface area contributed by atoms with Gasteiger partial charge < -0.3 is 0 Å². The van der Waals surface area contributed by atoms with E-state index >= 15 is 0 Å². The van der Waals surface area contributed by atoms with Gasteiger partial charge in [-0.1, -0.05) is 60.7 Å². The summed E-state index contributed by atoms with van der Waals surface area (Å²) < 4.78 is 0. The Kier molecular flexibility index (Phi) is 4.31. The van der Waals surface area contributed by atoms with E-state index in [1.165, 1.54) is 4.90 Å². The molecule has 2 aromatic carbocycles. The molecule has 0 radical (unpaired) electrons. The van der Waals surface area contributed by atoms with Crippen molar-refractivity contribution in [2.24, 2.45) is 0 Å². The Bertz CT molecular complexity index is 569. The van der Waals surface area contributed by atoms with Gasteiger partial charge in [0, 0.05) is 5.56 Å². The van der Waals surface area contributed by atoms with E-state index in [1.807, 2.05) is 48.5 Å². The van der Waals surface area contributed by atoms with Gasteiger partial charge in [0.1, 0.15) is 5.84 Å². The van der Waals surface area contributed by atoms with Gasteiger partial charge in [-0.15, -0.1) is 0 Å². The first-order valence-corrected chi connectivity index (χ1v) is 6.21. The molecule has 2 aromatic rings. The number of nitrogens with one attached hydrogen (secondary N) is 1. The zero-order valence-electron chi connectivity index (χ0n) is 10.2. The molecule has 0 aliphatic heterocycles. The molecule has 0 saturated carbocycles. The van der Waals surface area contributed by atoms with Crippen LogP contribution in [0.2, 0.25) is 0 Å². The third kappa shape index (κ3) is 3.42. The molecular weight excluding hydrogens is 260 g/mol. The summed E-state index contributed by atoms with van der Waals surface area (Å²) >= 11 is 5.58. The fourth-order valence-electron chi connectivity index (χ4n) is 1.75. The van der Waals surface area contributed by atoms with Crippen LogP contribution >= 0.6 is 11.6 Å². The van der Waals surface area contributed by atoms with E-state index in [9.17, 15) is 4.79 Å². The molecule has 96 valence electrons. The maximum atomic E-state index is 11.5. The summed E-state index contributed by atoms with van der Waals surface area (Å²) in [6.07, 6.45) is 0. The van der Waals surface area contributed by atoms with Crippen LogP contribution in [0.5, 0.6) is 0 Å². The van der Waals surface area contributed by atoms with Gasteiger partial charge in [0.05, 0.1) is 6.54 Å². The third-order valence-corrected chi connectivity index (χ3v) is 2.92. The van der Waals surface area contributed by atoms with Crippen molar-refractivity contribution in [2.75, 3.05) is 0 Å². The number of amidine groups is 1. The Balaban J connectivity index is 2.22. The minimum Gasteiger partial charge on any atom is -0.284 e. The lowest BCUT2D eigenvalue weighted by atomic mass is 10.1. The summed E-state index contributed by atoms with van der Waals surface area (Å²) in [5.41, 5.74) is 1.59. The Hall–Kier alpha value is -2.13. The highest BCUT2D eigenvalue weighted by molar-refractivity contribution is 6.64. The first kappa shape index (κ1) is 13.3. The van der Waals surface area contributed by atoms with E-state index in [0.29, 0.717) is 5.56 Å². The number of carbonyl (C=O) groups excluding carboxylic acids is 1. The van der Waals surface area contributed by atoms with Crippen LogP contribution in [0.15, 0.2) is 60.7 Å². The summed E-state index contributed by atoms with van der Waals surface area (Å²) in [5.74, 6) is 0.101. The Morgan fingerprint density at radius 2 is 1.53 bits per heavy atom. The smallest absolute Gasteiger partial charge is 0.284 e. The molecule has 0 bridgehead atoms. The summed E-state index contributed by atoms with van der Waals surface area (Å²) in [6, 6.07) is 18.5. The van der Waals surface area contributed by atoms with Gasteiger partial charge in [-0.05, 0) is 17.2 Å². The second-order valence-electron chi connectivity index (χ2n) is 4.04. The van der Waals surface area contributed by atoms with Crippen molar-refractivity contribution in [1.82, 2.24) is 4.90 Å². The Labute approximate surface area is 116 Å². The van der Waals surface area contributed by atoms with Gasteiger partial charge in [-0.25, -0.2) is 0 Å². The lowest BCUT2D eigenvalue weighted by molar-refractivity contribution is 0.241. The van der Waals surface area contributed by atoms with Crippen molar-refractivity contribution < 1.29 is 4.79 Å². The monoisotopic (exact) mass is 272 g/mol. The summed E-state index contributed by atoms with van der Waals surface area (Å²) in [6.45, 7) is 0.289. The van der Waals surface area contributed by atoms with Gasteiger partial charge in [0.2, 0.25) is 0 Å². The largest absolute Gasteiger partial charge is 0.322 e. The van der Waals surface area contributed by atoms with Crippen molar-refractivity contribution in [2.45, 2.75) is 6.54 Å². The van der Waals surface area contributed by atoms with Crippen LogP contribution < -0.4 is 0 Å². The van der Waals surface area contributed by atoms with Crippen LogP contribution in [0.3, 0.4) is 0 Å². The van der Waals surface area contributed by atoms with E-state index in [2.05, 4.69) is 0 Å². The summed E-state index contributed by atoms with van der Waals surface area (Å²) in [7, 11) is 0. The minimum atomic E-state index is -0.655. The third-order valence-electron chi connectivity index (χ3n) is 2.71. The molecule has 0 atom stereocenters. The molecule has 0 spiro atoms. The number of hydrogen-bond acceptors (Lipinski definition) is 2. The molecule has 0 unspecified atom stereocenters. The van der Waals surface area contributed by atoms with E-state index in [0.717, 1.165) is 5.56 Å². The highest BCUT2D eigenvalue weighted by atomic mass is 35.5. The molecule has 19 heavy (non-hydrogen) atoms. The van der Waals surface area contributed by atoms with Crippen LogP contribution in [-0.2, 0) is 6.54 Å². The fourth-order valence-corrected chi connectivity index (χ4v) is 1.89. The number of hydrogen-bond donors (Lipinski definition) is 1. The van der Waals surface area contributed by atoms with Gasteiger partial charge in [-0.3, -0.25) is 15.1 Å². The molecule has 0 heterocycles. The van der Waals surface area contributed by atoms with E-state index in [4.69, 9.17) is 17.0 Å². The highest BCUT2D eigenvalue weighted by Crippen LogP contribution is 2.12. The number of nitrogens with zero attached hydrogens (tertiary/aromatic N) is 1. The first-order chi connectivity index (χ1) is 9.18. The molecular formula is C15H13ClN2O. The summed E-state index contributed by atoms with van der Waals surface area (Å²) in [4.78, 5) is 12.8. The lowest BCUT2D eigenvalue weighted by Crippen LogP contribution is -2.32. The average Bonchev–Trinajstić information content (AvgIpc) is 2.46. The molecule has 2 rings (SSSR count). The van der Waals surface area contributed by atoms with Crippen molar-refractivity contribution in [3.63, 3.8) is 0 Å². The van der Waals surface area contributed by atoms with Gasteiger partial charge in [0.15, 0.2) is 0 Å². The number of carbonyl (C=O) groups is 1. The van der Waals surface area contributed by atoms with Gasteiger partial charge >= 0.3 is 5.37 Å². The van der Waals surface area contributed by atoms with Crippen LogP contribution in [0.4, 0.5) is 4.79 Å². The van der Waals surface area contributed by atoms with Crippen molar-refractivity contribution >= 4 is 22.8 Å². The number of benzene rings is 2. The predicted octanol–water partition coefficient (Wildman–Crippen LogP) is 3.87. The van der Waals surface area contributed by atoms with Crippen LogP contribution in [0.1, 0.15) is 11.1 Å². The SMILES string of the molecule is N=C(c1ccccc1)N(Cc1ccccc1)C(=O)Cl. The average molecular weight is 273 g/mol. The molecule has 4 heteroatoms. The van der Waals surface area contributed by atoms with Gasteiger partial charge in [-0.2, -0.15) is 0 Å². The number of rotatable bonds is 3. The normalized spacial score (nSPS) is 9.95. The maximum absolute atomic E-state index is 11.5. The number of amides is 1. The molecule has 0 fully saturated rings. The second kappa shape index (κ2) is 6.16. The van der Waals surface area contributed by atoms with Crippen molar-refractivity contribution in [1.29, 1.82) is 5.41 Å². The molecule has 0 aliphatic rings. The van der Waals surface area contributed by atoms with Crippen molar-refractivity contribution in [3.05, 3.63) is 71.8 Å². The standard InChI is InChI=1S/C15H13ClN2O/c16-15(19)18(11-12-7-3-1-4-8-12)14(17)13-9-5-2-6-10-13/h1-10,17H,11H2. The van der Waals surface area contributed by atoms with Crippen LogP contribution in [-0.4, -0.2) is 16.1 Å². The predicted molar refractivity (Wildman–Crippen MR) is 76.5 cm³/mol. The van der Waals surface area contributed by atoms with E-state index < -0.39 is 5.37 Å². The maximum Gasteiger partial charge on any atom is 0.322 e. The zero-order chi connectivity index (χ0) is 13.7. The van der Waals surface area contributed by atoms with Crippen LogP contribution in [0.25, 0.3) is 0 Å². The highest BCUT2D eigenvalue weighted by Gasteiger charge is 2.17. The lowest BCUT2D eigenvalue weighted by Gasteiger charge is -2.20. The van der Waals surface area contributed by atoms with E-state index in [1.54, 1.807) is 12.1 Å². The fraction of sp³-hybridized carbons (Fsp3) is 0.0667. The Morgan fingerprint density at radius 3 is 2.05 bits per heavy atom. The molecule has 0 saturated heterocycles. The topological polar surface area (TPSA) is 44.2 Å². The zero-order valence-corrected chi connectivity index (χ0v) is 11.0. The van der Waals surface area contributed by atoms with Crippen LogP contribution in [0, 0.1) is 5.41 Å². The van der Waals surface area contributed by atoms with Gasteiger partial charge in [0.25, 0.3) is 0 Å². The Morgan fingerprint density at radius 1 is 1.00 bits per heavy atom.